The minimum absolute atomic E-state index is 0.0438. The summed E-state index contributed by atoms with van der Waals surface area (Å²) in [5.41, 5.74) is 4.49. The molecule has 11 heteroatoms. The summed E-state index contributed by atoms with van der Waals surface area (Å²) in [6.45, 7) is 16.2. The number of carbonyl (C=O) groups excluding carboxylic acids is 1. The third kappa shape index (κ3) is 6.43. The summed E-state index contributed by atoms with van der Waals surface area (Å²) in [7, 11) is 0. The van der Waals surface area contributed by atoms with E-state index in [2.05, 4.69) is 79.2 Å². The van der Waals surface area contributed by atoms with Crippen molar-refractivity contribution in [3.8, 4) is 5.69 Å². The molecule has 0 radical (unpaired) electrons. The summed E-state index contributed by atoms with van der Waals surface area (Å²) < 4.78 is 31.1. The topological polar surface area (TPSA) is 85.0 Å². The zero-order valence-corrected chi connectivity index (χ0v) is 26.6. The minimum atomic E-state index is -0.615. The molecule has 1 aliphatic heterocycles. The van der Waals surface area contributed by atoms with E-state index in [9.17, 15) is 13.6 Å². The molecular weight excluding hydrogens is 562 g/mol. The molecule has 9 nitrogen and oxygen atoms in total. The second-order valence-electron chi connectivity index (χ2n) is 13.0. The molecule has 0 bridgehead atoms. The quantitative estimate of drug-likeness (QED) is 0.255. The van der Waals surface area contributed by atoms with E-state index in [1.165, 1.54) is 17.7 Å². The molecule has 5 rings (SSSR count). The lowest BCUT2D eigenvalue weighted by Crippen LogP contribution is -2.57. The van der Waals surface area contributed by atoms with Crippen LogP contribution in [0.15, 0.2) is 48.7 Å². The summed E-state index contributed by atoms with van der Waals surface area (Å²) >= 11 is 0. The van der Waals surface area contributed by atoms with E-state index in [0.717, 1.165) is 29.6 Å². The largest absolute Gasteiger partial charge is 0.334 e. The Morgan fingerprint density at radius 1 is 1.00 bits per heavy atom. The smallest absolute Gasteiger partial charge is 0.276 e. The lowest BCUT2D eigenvalue weighted by Gasteiger charge is -2.44. The highest BCUT2D eigenvalue weighted by molar-refractivity contribution is 5.93. The number of rotatable bonds is 8. The van der Waals surface area contributed by atoms with Crippen LogP contribution < -0.4 is 0 Å². The normalized spacial score (nSPS) is 18.5. The predicted molar refractivity (Wildman–Crippen MR) is 165 cm³/mol. The Hall–Kier alpha value is -3.99. The Bertz CT molecular complexity index is 1590. The molecule has 3 heterocycles. The van der Waals surface area contributed by atoms with Crippen LogP contribution in [-0.2, 0) is 18.4 Å². The molecule has 1 fully saturated rings. The van der Waals surface area contributed by atoms with Crippen molar-refractivity contribution in [2.45, 2.75) is 91.4 Å². The zero-order chi connectivity index (χ0) is 31.8. The maximum Gasteiger partial charge on any atom is 0.276 e. The van der Waals surface area contributed by atoms with Crippen molar-refractivity contribution in [3.63, 3.8) is 0 Å². The molecule has 0 aliphatic carbocycles. The van der Waals surface area contributed by atoms with Gasteiger partial charge in [-0.05, 0) is 56.4 Å². The summed E-state index contributed by atoms with van der Waals surface area (Å²) in [4.78, 5) is 18.0. The molecule has 0 spiro atoms. The Balaban J connectivity index is 1.28. The van der Waals surface area contributed by atoms with Gasteiger partial charge >= 0.3 is 0 Å². The van der Waals surface area contributed by atoms with Crippen molar-refractivity contribution in [3.05, 3.63) is 88.5 Å². The highest BCUT2D eigenvalue weighted by Crippen LogP contribution is 2.26. The van der Waals surface area contributed by atoms with E-state index < -0.39 is 17.7 Å². The first kappa shape index (κ1) is 31.4. The summed E-state index contributed by atoms with van der Waals surface area (Å²) in [5.74, 6) is -1.33. The Labute approximate surface area is 257 Å². The van der Waals surface area contributed by atoms with Crippen LogP contribution in [-0.4, -0.2) is 70.9 Å². The minimum Gasteiger partial charge on any atom is -0.334 e. The highest BCUT2D eigenvalue weighted by Gasteiger charge is 2.35. The van der Waals surface area contributed by atoms with Gasteiger partial charge in [0.05, 0.1) is 29.3 Å². The molecule has 1 aliphatic rings. The van der Waals surface area contributed by atoms with Crippen LogP contribution in [0.2, 0.25) is 0 Å². The Morgan fingerprint density at radius 3 is 2.30 bits per heavy atom. The van der Waals surface area contributed by atoms with Crippen molar-refractivity contribution in [1.82, 2.24) is 39.8 Å². The van der Waals surface area contributed by atoms with E-state index >= 15 is 0 Å². The zero-order valence-electron chi connectivity index (χ0n) is 26.6. The van der Waals surface area contributed by atoms with Gasteiger partial charge in [0.15, 0.2) is 5.69 Å². The van der Waals surface area contributed by atoms with E-state index in [-0.39, 0.29) is 23.4 Å². The lowest BCUT2D eigenvalue weighted by molar-refractivity contribution is 0.0259. The van der Waals surface area contributed by atoms with Gasteiger partial charge in [0.1, 0.15) is 11.6 Å². The fourth-order valence-corrected chi connectivity index (χ4v) is 5.97. The molecule has 3 atom stereocenters. The van der Waals surface area contributed by atoms with Crippen molar-refractivity contribution >= 4 is 5.91 Å². The average molecular weight is 605 g/mol. The molecular formula is C33H42F2N8O. The number of hydrogen-bond donors (Lipinski definition) is 0. The molecule has 44 heavy (non-hydrogen) atoms. The molecule has 0 saturated carbocycles. The van der Waals surface area contributed by atoms with Gasteiger partial charge in [-0.15, -0.1) is 10.2 Å². The van der Waals surface area contributed by atoms with E-state index in [1.54, 1.807) is 22.5 Å². The van der Waals surface area contributed by atoms with Gasteiger partial charge in [0, 0.05) is 43.3 Å². The van der Waals surface area contributed by atoms with Crippen LogP contribution in [0.3, 0.4) is 0 Å². The molecule has 1 amide bonds. The van der Waals surface area contributed by atoms with Crippen molar-refractivity contribution in [2.24, 2.45) is 0 Å². The number of nitrogens with zero attached hydrogens (tertiary/aromatic N) is 8. The number of amides is 1. The van der Waals surface area contributed by atoms with Crippen LogP contribution >= 0.6 is 0 Å². The first-order chi connectivity index (χ1) is 20.9. The monoisotopic (exact) mass is 604 g/mol. The number of benzene rings is 2. The van der Waals surface area contributed by atoms with Crippen molar-refractivity contribution in [1.29, 1.82) is 0 Å². The van der Waals surface area contributed by atoms with Gasteiger partial charge in [-0.25, -0.2) is 18.1 Å². The summed E-state index contributed by atoms with van der Waals surface area (Å²) in [6, 6.07) is 11.5. The first-order valence-corrected chi connectivity index (χ1v) is 15.3. The molecule has 0 unspecified atom stereocenters. The molecule has 1 saturated heterocycles. The second kappa shape index (κ2) is 12.6. The van der Waals surface area contributed by atoms with E-state index in [4.69, 9.17) is 0 Å². The number of hydrogen-bond acceptors (Lipinski definition) is 6. The molecule has 0 N–H and O–H groups in total. The molecule has 234 valence electrons. The molecule has 2 aromatic carbocycles. The van der Waals surface area contributed by atoms with Crippen molar-refractivity contribution in [2.75, 3.05) is 13.1 Å². The Morgan fingerprint density at radius 2 is 1.68 bits per heavy atom. The van der Waals surface area contributed by atoms with Gasteiger partial charge < -0.3 is 4.90 Å². The fourth-order valence-electron chi connectivity index (χ4n) is 5.97. The van der Waals surface area contributed by atoms with E-state index in [0.29, 0.717) is 37.3 Å². The summed E-state index contributed by atoms with van der Waals surface area (Å²) in [6.07, 6.45) is 3.35. The van der Waals surface area contributed by atoms with Gasteiger partial charge in [0.25, 0.3) is 5.91 Å². The van der Waals surface area contributed by atoms with Crippen LogP contribution in [0.1, 0.15) is 93.9 Å². The lowest BCUT2D eigenvalue weighted by atomic mass is 9.87. The van der Waals surface area contributed by atoms with Gasteiger partial charge in [-0.1, -0.05) is 62.7 Å². The Kier molecular flexibility index (Phi) is 8.97. The third-order valence-corrected chi connectivity index (χ3v) is 8.53. The average Bonchev–Trinajstić information content (AvgIpc) is 3.61. The number of halogens is 2. The highest BCUT2D eigenvalue weighted by atomic mass is 19.1. The summed E-state index contributed by atoms with van der Waals surface area (Å²) in [5, 5.41) is 17.4. The second-order valence-corrected chi connectivity index (χ2v) is 13.0. The third-order valence-electron chi connectivity index (χ3n) is 8.53. The number of aromatic nitrogens is 6. The van der Waals surface area contributed by atoms with Gasteiger partial charge in [-0.3, -0.25) is 9.69 Å². The maximum absolute atomic E-state index is 14.4. The van der Waals surface area contributed by atoms with Gasteiger partial charge in [0.2, 0.25) is 0 Å². The predicted octanol–water partition coefficient (Wildman–Crippen LogP) is 5.73. The fraction of sp³-hybridized carbons (Fsp3) is 0.485. The van der Waals surface area contributed by atoms with Crippen LogP contribution in [0, 0.1) is 11.6 Å². The van der Waals surface area contributed by atoms with Gasteiger partial charge in [-0.2, -0.15) is 0 Å². The standard InChI is InChI=1S/C33H42F2N8O/c1-8-9-30-31(37-39-43(30)27-13-10-24(11-14-27)33(5,6)7)32(44)40-17-21(2)41(22(3)18-40)19-26-20-42(38-36-26)23(4)28-15-12-25(34)16-29(28)35/h10-16,20-23H,8-9,17-19H2,1-7H3/t21-,22+,23-/m0/s1. The van der Waals surface area contributed by atoms with E-state index in [1.807, 2.05) is 17.0 Å². The van der Waals surface area contributed by atoms with Crippen LogP contribution in [0.5, 0.6) is 0 Å². The number of piperazine rings is 1. The molecule has 4 aromatic rings. The van der Waals surface area contributed by atoms with Crippen molar-refractivity contribution < 1.29 is 13.6 Å². The number of carbonyl (C=O) groups is 1. The first-order valence-electron chi connectivity index (χ1n) is 15.3. The van der Waals surface area contributed by atoms with Crippen LogP contribution in [0.4, 0.5) is 8.78 Å². The SMILES string of the molecule is CCCc1c(C(=O)N2C[C@@H](C)N(Cc3cn([C@@H](C)c4ccc(F)cc4F)nn3)[C@@H](C)C2)nnn1-c1ccc(C(C)(C)C)cc1. The maximum atomic E-state index is 14.4. The molecule has 2 aromatic heterocycles. The van der Waals surface area contributed by atoms with Crippen LogP contribution in [0.25, 0.3) is 5.69 Å².